The third kappa shape index (κ3) is 2.43. The lowest BCUT2D eigenvalue weighted by molar-refractivity contribution is 1.11. The second-order valence-corrected chi connectivity index (χ2v) is 5.83. The molecule has 2 aromatic heterocycles. The maximum absolute atomic E-state index is 5.95. The maximum atomic E-state index is 5.95. The van der Waals surface area contributed by atoms with Crippen molar-refractivity contribution in [2.24, 2.45) is 0 Å². The molecular formula is C14H10BrN3S. The lowest BCUT2D eigenvalue weighted by atomic mass is 10.2. The van der Waals surface area contributed by atoms with Crippen LogP contribution in [-0.2, 0) is 0 Å². The van der Waals surface area contributed by atoms with E-state index >= 15 is 0 Å². The van der Waals surface area contributed by atoms with Gasteiger partial charge in [0.15, 0.2) is 0 Å². The molecule has 3 rings (SSSR count). The summed E-state index contributed by atoms with van der Waals surface area (Å²) in [6, 6.07) is 11.7. The average molecular weight is 332 g/mol. The summed E-state index contributed by atoms with van der Waals surface area (Å²) in [5, 5.41) is 1.97. The fraction of sp³-hybridized carbons (Fsp3) is 0. The van der Waals surface area contributed by atoms with E-state index in [2.05, 4.69) is 25.9 Å². The van der Waals surface area contributed by atoms with Crippen molar-refractivity contribution in [3.63, 3.8) is 0 Å². The summed E-state index contributed by atoms with van der Waals surface area (Å²) in [7, 11) is 0. The number of hydrogen-bond donors (Lipinski definition) is 1. The molecule has 3 aromatic rings. The van der Waals surface area contributed by atoms with Crippen LogP contribution in [0.3, 0.4) is 0 Å². The Balaban J connectivity index is 2.12. The minimum absolute atomic E-state index is 0.694. The zero-order valence-electron chi connectivity index (χ0n) is 9.88. The summed E-state index contributed by atoms with van der Waals surface area (Å²) < 4.78 is 0.980. The summed E-state index contributed by atoms with van der Waals surface area (Å²) in [4.78, 5) is 9.80. The molecule has 3 nitrogen and oxygen atoms in total. The fourth-order valence-corrected chi connectivity index (χ4v) is 3.20. The van der Waals surface area contributed by atoms with Gasteiger partial charge in [-0.2, -0.15) is 0 Å². The molecule has 19 heavy (non-hydrogen) atoms. The van der Waals surface area contributed by atoms with Gasteiger partial charge < -0.3 is 5.73 Å². The van der Waals surface area contributed by atoms with E-state index in [0.29, 0.717) is 5.69 Å². The van der Waals surface area contributed by atoms with Gasteiger partial charge in [-0.25, -0.2) is 4.98 Å². The molecule has 0 bridgehead atoms. The first-order valence-corrected chi connectivity index (χ1v) is 7.28. The molecular weight excluding hydrogens is 322 g/mol. The molecule has 0 amide bonds. The highest BCUT2D eigenvalue weighted by atomic mass is 79.9. The smallest absolute Gasteiger partial charge is 0.115 e. The van der Waals surface area contributed by atoms with Crippen molar-refractivity contribution in [2.45, 2.75) is 9.92 Å². The van der Waals surface area contributed by atoms with E-state index in [1.54, 1.807) is 24.2 Å². The van der Waals surface area contributed by atoms with Crippen LogP contribution in [0, 0.1) is 0 Å². The van der Waals surface area contributed by atoms with Gasteiger partial charge in [-0.1, -0.05) is 23.9 Å². The van der Waals surface area contributed by atoms with Gasteiger partial charge in [-0.05, 0) is 40.2 Å². The van der Waals surface area contributed by atoms with Gasteiger partial charge in [0.2, 0.25) is 0 Å². The summed E-state index contributed by atoms with van der Waals surface area (Å²) in [5.74, 6) is 0. The van der Waals surface area contributed by atoms with Gasteiger partial charge in [0, 0.05) is 22.7 Å². The molecule has 0 aliphatic heterocycles. The Morgan fingerprint density at radius 1 is 1.00 bits per heavy atom. The Kier molecular flexibility index (Phi) is 3.40. The Morgan fingerprint density at radius 2 is 1.89 bits per heavy atom. The molecule has 0 aliphatic carbocycles. The molecule has 0 saturated carbocycles. The fourth-order valence-electron chi connectivity index (χ4n) is 1.81. The third-order valence-electron chi connectivity index (χ3n) is 2.69. The van der Waals surface area contributed by atoms with Crippen LogP contribution in [0.5, 0.6) is 0 Å². The van der Waals surface area contributed by atoms with Crippen LogP contribution in [0.2, 0.25) is 0 Å². The predicted octanol–water partition coefficient (Wildman–Crippen LogP) is 4.13. The Hall–Kier alpha value is -1.59. The number of rotatable bonds is 2. The van der Waals surface area contributed by atoms with Crippen molar-refractivity contribution in [1.29, 1.82) is 0 Å². The molecule has 0 radical (unpaired) electrons. The first-order valence-electron chi connectivity index (χ1n) is 5.67. The Morgan fingerprint density at radius 3 is 2.74 bits per heavy atom. The number of pyridine rings is 2. The number of nitrogens with two attached hydrogens (primary N) is 1. The van der Waals surface area contributed by atoms with Gasteiger partial charge in [-0.3, -0.25) is 4.98 Å². The number of aromatic nitrogens is 2. The zero-order valence-corrected chi connectivity index (χ0v) is 12.3. The molecule has 94 valence electrons. The number of hydrogen-bond acceptors (Lipinski definition) is 4. The van der Waals surface area contributed by atoms with E-state index in [1.165, 1.54) is 0 Å². The molecule has 1 aromatic carbocycles. The second-order valence-electron chi connectivity index (χ2n) is 3.94. The monoisotopic (exact) mass is 331 g/mol. The van der Waals surface area contributed by atoms with E-state index in [1.807, 2.05) is 36.4 Å². The van der Waals surface area contributed by atoms with Crippen molar-refractivity contribution in [3.8, 4) is 0 Å². The highest BCUT2D eigenvalue weighted by Gasteiger charge is 2.08. The molecule has 2 heterocycles. The van der Waals surface area contributed by atoms with E-state index in [0.717, 1.165) is 25.3 Å². The summed E-state index contributed by atoms with van der Waals surface area (Å²) in [5.41, 5.74) is 7.48. The van der Waals surface area contributed by atoms with E-state index in [-0.39, 0.29) is 0 Å². The summed E-state index contributed by atoms with van der Waals surface area (Å²) in [6.45, 7) is 0. The normalized spacial score (nSPS) is 10.8. The summed E-state index contributed by atoms with van der Waals surface area (Å²) in [6.07, 6.45) is 3.56. The minimum atomic E-state index is 0.694. The quantitative estimate of drug-likeness (QED) is 0.717. The SMILES string of the molecule is Nc1cccc2c(Sc3ncccc3Br)ccnc12. The number of para-hydroxylation sites is 1. The lowest BCUT2D eigenvalue weighted by Crippen LogP contribution is -1.90. The van der Waals surface area contributed by atoms with Crippen LogP contribution < -0.4 is 5.73 Å². The van der Waals surface area contributed by atoms with Crippen molar-refractivity contribution < 1.29 is 0 Å². The molecule has 0 spiro atoms. The predicted molar refractivity (Wildman–Crippen MR) is 82.2 cm³/mol. The van der Waals surface area contributed by atoms with Gasteiger partial charge in [0.1, 0.15) is 5.03 Å². The van der Waals surface area contributed by atoms with E-state index in [9.17, 15) is 0 Å². The molecule has 0 aliphatic rings. The Bertz CT molecular complexity index is 746. The van der Waals surface area contributed by atoms with Gasteiger partial charge in [0.25, 0.3) is 0 Å². The van der Waals surface area contributed by atoms with Crippen LogP contribution in [0.15, 0.2) is 63.2 Å². The molecule has 0 fully saturated rings. The van der Waals surface area contributed by atoms with Crippen molar-refractivity contribution >= 4 is 44.3 Å². The van der Waals surface area contributed by atoms with Gasteiger partial charge >= 0.3 is 0 Å². The molecule has 0 saturated heterocycles. The lowest BCUT2D eigenvalue weighted by Gasteiger charge is -2.07. The highest BCUT2D eigenvalue weighted by molar-refractivity contribution is 9.10. The number of nitrogen functional groups attached to an aromatic ring is 1. The maximum Gasteiger partial charge on any atom is 0.115 e. The van der Waals surface area contributed by atoms with Crippen LogP contribution >= 0.6 is 27.7 Å². The third-order valence-corrected chi connectivity index (χ3v) is 4.69. The van der Waals surface area contributed by atoms with E-state index < -0.39 is 0 Å². The standard InChI is InChI=1S/C14H10BrN3S/c15-10-4-2-7-18-14(10)19-12-6-8-17-13-9(12)3-1-5-11(13)16/h1-8H,16H2. The van der Waals surface area contributed by atoms with Gasteiger partial charge in [-0.15, -0.1) is 0 Å². The number of nitrogens with zero attached hydrogens (tertiary/aromatic N) is 2. The second kappa shape index (κ2) is 5.19. The average Bonchev–Trinajstić information content (AvgIpc) is 2.42. The zero-order chi connectivity index (χ0) is 13.2. The number of fused-ring (bicyclic) bond motifs is 1. The first-order chi connectivity index (χ1) is 9.25. The summed E-state index contributed by atoms with van der Waals surface area (Å²) >= 11 is 5.11. The molecule has 2 N–H and O–H groups in total. The number of anilines is 1. The number of halogens is 1. The molecule has 0 unspecified atom stereocenters. The van der Waals surface area contributed by atoms with Crippen molar-refractivity contribution in [2.75, 3.05) is 5.73 Å². The van der Waals surface area contributed by atoms with Crippen LogP contribution in [0.1, 0.15) is 0 Å². The highest BCUT2D eigenvalue weighted by Crippen LogP contribution is 2.36. The van der Waals surface area contributed by atoms with E-state index in [4.69, 9.17) is 5.73 Å². The number of benzene rings is 1. The topological polar surface area (TPSA) is 51.8 Å². The van der Waals surface area contributed by atoms with Crippen LogP contribution in [-0.4, -0.2) is 9.97 Å². The largest absolute Gasteiger partial charge is 0.397 e. The Labute approximate surface area is 123 Å². The first kappa shape index (κ1) is 12.4. The van der Waals surface area contributed by atoms with Crippen LogP contribution in [0.4, 0.5) is 5.69 Å². The van der Waals surface area contributed by atoms with Gasteiger partial charge in [0.05, 0.1) is 15.7 Å². The van der Waals surface area contributed by atoms with Crippen molar-refractivity contribution in [3.05, 3.63) is 53.3 Å². The van der Waals surface area contributed by atoms with Crippen molar-refractivity contribution in [1.82, 2.24) is 9.97 Å². The minimum Gasteiger partial charge on any atom is -0.397 e. The molecule has 5 heteroatoms. The molecule has 0 atom stereocenters. The van der Waals surface area contributed by atoms with Crippen LogP contribution in [0.25, 0.3) is 10.9 Å².